The number of thiazole rings is 1. The molecule has 0 bridgehead atoms. The molecular formula is C25H17N3O2S. The molecule has 0 saturated carbocycles. The van der Waals surface area contributed by atoms with E-state index in [2.05, 4.69) is 16.4 Å². The fourth-order valence-corrected chi connectivity index (χ4v) is 4.26. The molecule has 0 aliphatic carbocycles. The molecule has 5 nitrogen and oxygen atoms in total. The molecule has 0 fully saturated rings. The highest BCUT2D eigenvalue weighted by Crippen LogP contribution is 2.36. The first-order valence-electron chi connectivity index (χ1n) is 9.64. The minimum Gasteiger partial charge on any atom is -0.495 e. The van der Waals surface area contributed by atoms with Gasteiger partial charge in [-0.25, -0.2) is 4.98 Å². The minimum absolute atomic E-state index is 0.443. The number of anilines is 1. The first kappa shape index (κ1) is 18.9. The second kappa shape index (κ2) is 7.98. The minimum atomic E-state index is 0.443. The summed E-state index contributed by atoms with van der Waals surface area (Å²) in [7, 11) is 1.62. The summed E-state index contributed by atoms with van der Waals surface area (Å²) in [5.74, 6) is 0.664. The van der Waals surface area contributed by atoms with Gasteiger partial charge in [0.05, 0.1) is 18.5 Å². The van der Waals surface area contributed by atoms with Crippen LogP contribution < -0.4 is 10.1 Å². The lowest BCUT2D eigenvalue weighted by Gasteiger charge is -2.08. The highest BCUT2D eigenvalue weighted by molar-refractivity contribution is 7.11. The second-order valence-electron chi connectivity index (χ2n) is 6.86. The van der Waals surface area contributed by atoms with Gasteiger partial charge in [0.2, 0.25) is 0 Å². The molecule has 2 heterocycles. The maximum absolute atomic E-state index is 9.69. The van der Waals surface area contributed by atoms with Gasteiger partial charge < -0.3 is 14.5 Å². The number of nitrogens with one attached hydrogen (secondary N) is 1. The van der Waals surface area contributed by atoms with E-state index in [9.17, 15) is 5.26 Å². The zero-order chi connectivity index (χ0) is 21.2. The van der Waals surface area contributed by atoms with Crippen LogP contribution in [0.3, 0.4) is 0 Å². The number of hydrogen-bond donors (Lipinski definition) is 1. The largest absolute Gasteiger partial charge is 0.495 e. The molecule has 3 aromatic carbocycles. The summed E-state index contributed by atoms with van der Waals surface area (Å²) >= 11 is 1.44. The lowest BCUT2D eigenvalue weighted by Crippen LogP contribution is -1.95. The molecule has 0 unspecified atom stereocenters. The van der Waals surface area contributed by atoms with E-state index in [1.54, 1.807) is 13.3 Å². The number of para-hydroxylation sites is 1. The molecule has 0 aliphatic rings. The zero-order valence-electron chi connectivity index (χ0n) is 16.6. The van der Waals surface area contributed by atoms with Crippen LogP contribution in [0.15, 0.2) is 82.7 Å². The van der Waals surface area contributed by atoms with Crippen LogP contribution in [0.4, 0.5) is 5.69 Å². The van der Waals surface area contributed by atoms with E-state index in [1.165, 1.54) is 11.3 Å². The third kappa shape index (κ3) is 3.52. The van der Waals surface area contributed by atoms with Crippen molar-refractivity contribution in [1.29, 1.82) is 5.26 Å². The summed E-state index contributed by atoms with van der Waals surface area (Å²) in [4.78, 5) is 4.62. The summed E-state index contributed by atoms with van der Waals surface area (Å²) in [6.45, 7) is 0. The maximum atomic E-state index is 9.69. The molecule has 0 radical (unpaired) electrons. The molecule has 0 spiro atoms. The Morgan fingerprint density at radius 3 is 2.68 bits per heavy atom. The number of aromatic nitrogens is 1. The van der Waals surface area contributed by atoms with Crippen molar-refractivity contribution in [2.75, 3.05) is 12.4 Å². The first-order valence-corrected chi connectivity index (χ1v) is 10.5. The molecule has 0 amide bonds. The predicted octanol–water partition coefficient (Wildman–Crippen LogP) is 6.69. The quantitative estimate of drug-likeness (QED) is 0.319. The van der Waals surface area contributed by atoms with E-state index >= 15 is 0 Å². The van der Waals surface area contributed by atoms with Crippen molar-refractivity contribution < 1.29 is 9.15 Å². The van der Waals surface area contributed by atoms with Crippen molar-refractivity contribution in [3.05, 3.63) is 83.3 Å². The third-order valence-electron chi connectivity index (χ3n) is 5.00. The Morgan fingerprint density at radius 2 is 1.87 bits per heavy atom. The molecule has 0 aliphatic heterocycles. The standard InChI is InChI=1S/C25H17N3O2S/c1-29-24-11-19-18-9-5-6-10-22(18)30-23(19)12-20(24)27-14-17(13-26)25-28-21(15-31-25)16-7-3-2-4-8-16/h2-12,14-15,27H,1H3. The average Bonchev–Trinajstić information content (AvgIpc) is 3.44. The Labute approximate surface area is 182 Å². The van der Waals surface area contributed by atoms with Crippen LogP contribution in [0.1, 0.15) is 5.01 Å². The number of ether oxygens (including phenoxy) is 1. The molecule has 6 heteroatoms. The van der Waals surface area contributed by atoms with Gasteiger partial charge in [-0.15, -0.1) is 11.3 Å². The van der Waals surface area contributed by atoms with Crippen LogP contribution in [0, 0.1) is 11.3 Å². The zero-order valence-corrected chi connectivity index (χ0v) is 17.4. The van der Waals surface area contributed by atoms with Gasteiger partial charge in [0, 0.05) is 34.0 Å². The topological polar surface area (TPSA) is 71.1 Å². The van der Waals surface area contributed by atoms with E-state index in [-0.39, 0.29) is 0 Å². The summed E-state index contributed by atoms with van der Waals surface area (Å²) in [5.41, 5.74) is 4.59. The molecular weight excluding hydrogens is 406 g/mol. The lowest BCUT2D eigenvalue weighted by atomic mass is 10.1. The van der Waals surface area contributed by atoms with Crippen molar-refractivity contribution in [3.8, 4) is 23.1 Å². The van der Waals surface area contributed by atoms with E-state index in [0.717, 1.165) is 33.2 Å². The molecule has 0 saturated heterocycles. The Bertz CT molecular complexity index is 1460. The molecule has 1 N–H and O–H groups in total. The highest BCUT2D eigenvalue weighted by Gasteiger charge is 2.13. The van der Waals surface area contributed by atoms with Crippen molar-refractivity contribution in [1.82, 2.24) is 4.98 Å². The lowest BCUT2D eigenvalue weighted by molar-refractivity contribution is 0.417. The van der Waals surface area contributed by atoms with Gasteiger partial charge in [0.15, 0.2) is 0 Å². The SMILES string of the molecule is COc1cc2c(cc1NC=C(C#N)c1nc(-c3ccccc3)cs1)oc1ccccc12. The third-order valence-corrected chi connectivity index (χ3v) is 5.87. The number of hydrogen-bond acceptors (Lipinski definition) is 6. The average molecular weight is 423 g/mol. The Morgan fingerprint density at radius 1 is 1.06 bits per heavy atom. The highest BCUT2D eigenvalue weighted by atomic mass is 32.1. The monoisotopic (exact) mass is 423 g/mol. The normalized spacial score (nSPS) is 11.5. The van der Waals surface area contributed by atoms with Crippen molar-refractivity contribution in [3.63, 3.8) is 0 Å². The van der Waals surface area contributed by atoms with E-state index in [0.29, 0.717) is 22.0 Å². The number of furan rings is 1. The number of methoxy groups -OCH3 is 1. The number of allylic oxidation sites excluding steroid dienone is 1. The van der Waals surface area contributed by atoms with E-state index in [1.807, 2.05) is 72.1 Å². The predicted molar refractivity (Wildman–Crippen MR) is 125 cm³/mol. The molecule has 31 heavy (non-hydrogen) atoms. The van der Waals surface area contributed by atoms with E-state index < -0.39 is 0 Å². The summed E-state index contributed by atoms with van der Waals surface area (Å²) in [6.07, 6.45) is 1.65. The van der Waals surface area contributed by atoms with Crippen LogP contribution >= 0.6 is 11.3 Å². The van der Waals surface area contributed by atoms with Gasteiger partial charge in [0.25, 0.3) is 0 Å². The summed E-state index contributed by atoms with van der Waals surface area (Å²) in [5, 5.41) is 17.5. The summed E-state index contributed by atoms with van der Waals surface area (Å²) in [6, 6.07) is 23.9. The number of nitriles is 1. The molecule has 0 atom stereocenters. The van der Waals surface area contributed by atoms with Gasteiger partial charge in [-0.2, -0.15) is 5.26 Å². The van der Waals surface area contributed by atoms with E-state index in [4.69, 9.17) is 9.15 Å². The molecule has 5 aromatic rings. The molecule has 5 rings (SSSR count). The number of fused-ring (bicyclic) bond motifs is 3. The van der Waals surface area contributed by atoms with Crippen molar-refractivity contribution in [2.45, 2.75) is 0 Å². The van der Waals surface area contributed by atoms with Crippen LogP contribution in [-0.4, -0.2) is 12.1 Å². The maximum Gasteiger partial charge on any atom is 0.143 e. The molecule has 150 valence electrons. The second-order valence-corrected chi connectivity index (χ2v) is 7.72. The fourth-order valence-electron chi connectivity index (χ4n) is 3.46. The number of rotatable bonds is 5. The van der Waals surface area contributed by atoms with Crippen LogP contribution in [0.25, 0.3) is 38.8 Å². The van der Waals surface area contributed by atoms with Crippen LogP contribution in [-0.2, 0) is 0 Å². The van der Waals surface area contributed by atoms with Gasteiger partial charge >= 0.3 is 0 Å². The Hall–Kier alpha value is -4.08. The smallest absolute Gasteiger partial charge is 0.143 e. The molecule has 2 aromatic heterocycles. The number of nitrogens with zero attached hydrogens (tertiary/aromatic N) is 2. The number of benzene rings is 3. The van der Waals surface area contributed by atoms with Crippen LogP contribution in [0.2, 0.25) is 0 Å². The van der Waals surface area contributed by atoms with Gasteiger partial charge in [-0.3, -0.25) is 0 Å². The first-order chi connectivity index (χ1) is 15.3. The van der Waals surface area contributed by atoms with Crippen molar-refractivity contribution in [2.24, 2.45) is 0 Å². The summed E-state index contributed by atoms with van der Waals surface area (Å²) < 4.78 is 11.5. The van der Waals surface area contributed by atoms with Gasteiger partial charge in [0.1, 0.15) is 33.6 Å². The Kier molecular flexibility index (Phi) is 4.87. The van der Waals surface area contributed by atoms with Gasteiger partial charge in [-0.05, 0) is 12.1 Å². The fraction of sp³-hybridized carbons (Fsp3) is 0.0400. The van der Waals surface area contributed by atoms with Gasteiger partial charge in [-0.1, -0.05) is 48.5 Å². The van der Waals surface area contributed by atoms with Crippen LogP contribution in [0.5, 0.6) is 5.75 Å². The van der Waals surface area contributed by atoms with Crippen molar-refractivity contribution >= 4 is 44.5 Å². The Balaban J connectivity index is 1.49.